The van der Waals surface area contributed by atoms with Gasteiger partial charge in [-0.05, 0) is 18.2 Å². The van der Waals surface area contributed by atoms with Crippen LogP contribution in [0, 0.1) is 22.9 Å². The molecule has 0 radical (unpaired) electrons. The van der Waals surface area contributed by atoms with E-state index in [4.69, 9.17) is 10.1 Å². The van der Waals surface area contributed by atoms with Crippen LogP contribution >= 0.6 is 0 Å². The largest absolute Gasteiger partial charge is 0.377 e. The van der Waals surface area contributed by atoms with E-state index in [1.165, 1.54) is 19.2 Å². The van der Waals surface area contributed by atoms with Crippen molar-refractivity contribution in [3.8, 4) is 0 Å². The monoisotopic (exact) mass is 455 g/mol. The van der Waals surface area contributed by atoms with E-state index in [2.05, 4.69) is 15.6 Å². The standard InChI is InChI=1S/C18H16F3N5O4S/c1-26-17(22)25-18(8-30-7-14(18)31(26,28)29)11-5-10(2-3-12(11)20)24-16(27)15-13(21)4-9(19)6-23-15/h2-6,14H,7-8H2,1H3,(H2,22,25)(H,24,27)/t14?,18-/m1/s1. The summed E-state index contributed by atoms with van der Waals surface area (Å²) in [5.74, 6) is -4.41. The van der Waals surface area contributed by atoms with Gasteiger partial charge in [0.25, 0.3) is 5.91 Å². The molecule has 1 amide bonds. The molecule has 0 bridgehead atoms. The van der Waals surface area contributed by atoms with E-state index in [-0.39, 0.29) is 24.5 Å². The van der Waals surface area contributed by atoms with Crippen molar-refractivity contribution >= 4 is 27.6 Å². The maximum absolute atomic E-state index is 14.8. The predicted octanol–water partition coefficient (Wildman–Crippen LogP) is 1.14. The number of nitrogens with one attached hydrogen (secondary N) is 3. The first-order valence-corrected chi connectivity index (χ1v) is 10.4. The zero-order valence-electron chi connectivity index (χ0n) is 15.9. The number of ether oxygens (including phenoxy) is 1. The van der Waals surface area contributed by atoms with Crippen molar-refractivity contribution in [1.29, 1.82) is 5.41 Å². The Balaban J connectivity index is 1.73. The molecule has 2 fully saturated rings. The third-order valence-corrected chi connectivity index (χ3v) is 7.48. The van der Waals surface area contributed by atoms with Crippen molar-refractivity contribution < 1.29 is 31.1 Å². The molecule has 2 saturated heterocycles. The van der Waals surface area contributed by atoms with Crippen LogP contribution in [0.1, 0.15) is 16.1 Å². The van der Waals surface area contributed by atoms with Gasteiger partial charge in [0.15, 0.2) is 11.5 Å². The van der Waals surface area contributed by atoms with Gasteiger partial charge in [0.1, 0.15) is 22.4 Å². The molecule has 3 heterocycles. The third-order valence-electron chi connectivity index (χ3n) is 5.27. The van der Waals surface area contributed by atoms with Crippen LogP contribution in [-0.4, -0.2) is 55.1 Å². The third kappa shape index (κ3) is 3.29. The highest BCUT2D eigenvalue weighted by Crippen LogP contribution is 2.41. The van der Waals surface area contributed by atoms with Crippen LogP contribution in [-0.2, 0) is 20.3 Å². The van der Waals surface area contributed by atoms with E-state index in [0.29, 0.717) is 12.3 Å². The van der Waals surface area contributed by atoms with Crippen molar-refractivity contribution in [2.45, 2.75) is 10.8 Å². The van der Waals surface area contributed by atoms with Gasteiger partial charge in [-0.25, -0.2) is 30.9 Å². The molecule has 0 saturated carbocycles. The zero-order valence-corrected chi connectivity index (χ0v) is 16.8. The molecule has 13 heteroatoms. The maximum atomic E-state index is 14.8. The molecular formula is C18H16F3N5O4S. The number of halogens is 3. The number of sulfonamides is 1. The number of nitrogens with zero attached hydrogens (tertiary/aromatic N) is 2. The number of carbonyl (C=O) groups is 1. The van der Waals surface area contributed by atoms with Gasteiger partial charge in [0.05, 0.1) is 19.4 Å². The number of carbonyl (C=O) groups excluding carboxylic acids is 1. The molecule has 2 aromatic rings. The Labute approximate surface area is 174 Å². The summed E-state index contributed by atoms with van der Waals surface area (Å²) in [6, 6.07) is 3.86. The van der Waals surface area contributed by atoms with E-state index in [9.17, 15) is 26.4 Å². The van der Waals surface area contributed by atoms with Gasteiger partial charge >= 0.3 is 0 Å². The molecular weight excluding hydrogens is 439 g/mol. The molecule has 3 N–H and O–H groups in total. The van der Waals surface area contributed by atoms with Crippen molar-refractivity contribution in [2.24, 2.45) is 0 Å². The Bertz CT molecular complexity index is 1210. The van der Waals surface area contributed by atoms with Gasteiger partial charge in [-0.1, -0.05) is 0 Å². The smallest absolute Gasteiger partial charge is 0.277 e. The van der Waals surface area contributed by atoms with Crippen LogP contribution < -0.4 is 10.6 Å². The van der Waals surface area contributed by atoms with Crippen LogP contribution in [0.25, 0.3) is 0 Å². The van der Waals surface area contributed by atoms with E-state index < -0.39 is 55.8 Å². The molecule has 1 unspecified atom stereocenters. The molecule has 1 aromatic carbocycles. The fourth-order valence-electron chi connectivity index (χ4n) is 3.66. The Morgan fingerprint density at radius 3 is 2.77 bits per heavy atom. The number of pyridine rings is 1. The van der Waals surface area contributed by atoms with Crippen molar-refractivity contribution in [3.63, 3.8) is 0 Å². The highest BCUT2D eigenvalue weighted by molar-refractivity contribution is 7.90. The van der Waals surface area contributed by atoms with Gasteiger partial charge in [-0.15, -0.1) is 0 Å². The first-order valence-electron chi connectivity index (χ1n) is 8.91. The molecule has 164 valence electrons. The summed E-state index contributed by atoms with van der Waals surface area (Å²) in [4.78, 5) is 15.7. The fourth-order valence-corrected chi connectivity index (χ4v) is 5.37. The lowest BCUT2D eigenvalue weighted by Gasteiger charge is -2.43. The number of fused-ring (bicyclic) bond motifs is 1. The average Bonchev–Trinajstić information content (AvgIpc) is 3.13. The first-order chi connectivity index (χ1) is 14.6. The number of rotatable bonds is 3. The number of guanidine groups is 1. The van der Waals surface area contributed by atoms with Crippen molar-refractivity contribution in [3.05, 3.63) is 59.2 Å². The second-order valence-electron chi connectivity index (χ2n) is 7.09. The number of amides is 1. The number of hydrogen-bond acceptors (Lipinski definition) is 6. The van der Waals surface area contributed by atoms with Crippen molar-refractivity contribution in [1.82, 2.24) is 14.6 Å². The van der Waals surface area contributed by atoms with E-state index >= 15 is 0 Å². The van der Waals surface area contributed by atoms with Gasteiger partial charge in [0, 0.05) is 24.4 Å². The minimum absolute atomic E-state index is 0.0107. The summed E-state index contributed by atoms with van der Waals surface area (Å²) in [5.41, 5.74) is -2.42. The highest BCUT2D eigenvalue weighted by atomic mass is 32.2. The SMILES string of the molecule is CN1C(=N)N[C@@]2(c3cc(NC(=O)c4ncc(F)cc4F)ccc3F)COCC2S1(=O)=O. The number of anilines is 1. The van der Waals surface area contributed by atoms with Gasteiger partial charge in [-0.2, -0.15) is 0 Å². The van der Waals surface area contributed by atoms with Crippen LogP contribution in [0.5, 0.6) is 0 Å². The van der Waals surface area contributed by atoms with Gasteiger partial charge in [-0.3, -0.25) is 10.2 Å². The predicted molar refractivity (Wildman–Crippen MR) is 102 cm³/mol. The normalized spacial score (nSPS) is 24.5. The molecule has 0 spiro atoms. The van der Waals surface area contributed by atoms with Crippen molar-refractivity contribution in [2.75, 3.05) is 25.6 Å². The molecule has 4 rings (SSSR count). The quantitative estimate of drug-likeness (QED) is 0.638. The van der Waals surface area contributed by atoms with Crippen LogP contribution in [0.2, 0.25) is 0 Å². The number of benzene rings is 1. The lowest BCUT2D eigenvalue weighted by Crippen LogP contribution is -2.67. The lowest BCUT2D eigenvalue weighted by molar-refractivity contribution is 0.101. The van der Waals surface area contributed by atoms with Crippen LogP contribution in [0.15, 0.2) is 30.5 Å². The average molecular weight is 455 g/mol. The Hall–Kier alpha value is -3.19. The molecule has 2 aliphatic heterocycles. The number of aromatic nitrogens is 1. The topological polar surface area (TPSA) is 124 Å². The summed E-state index contributed by atoms with van der Waals surface area (Å²) < 4.78 is 73.4. The minimum Gasteiger partial charge on any atom is -0.377 e. The molecule has 31 heavy (non-hydrogen) atoms. The minimum atomic E-state index is -4.03. The van der Waals surface area contributed by atoms with Gasteiger partial charge < -0.3 is 15.4 Å². The molecule has 9 nitrogen and oxygen atoms in total. The second-order valence-corrected chi connectivity index (χ2v) is 9.24. The summed E-state index contributed by atoms with van der Waals surface area (Å²) >= 11 is 0. The van der Waals surface area contributed by atoms with E-state index in [0.717, 1.165) is 10.4 Å². The van der Waals surface area contributed by atoms with E-state index in [1.807, 2.05) is 0 Å². The molecule has 2 atom stereocenters. The van der Waals surface area contributed by atoms with Crippen LogP contribution in [0.3, 0.4) is 0 Å². The summed E-state index contributed by atoms with van der Waals surface area (Å²) in [6.45, 7) is -0.469. The first kappa shape index (κ1) is 21.1. The summed E-state index contributed by atoms with van der Waals surface area (Å²) in [6.07, 6.45) is 0.673. The lowest BCUT2D eigenvalue weighted by atomic mass is 9.87. The van der Waals surface area contributed by atoms with Gasteiger partial charge in [0.2, 0.25) is 16.0 Å². The second kappa shape index (κ2) is 7.20. The summed E-state index contributed by atoms with van der Waals surface area (Å²) in [7, 11) is -2.83. The Morgan fingerprint density at radius 1 is 1.32 bits per heavy atom. The number of hydrogen-bond donors (Lipinski definition) is 3. The summed E-state index contributed by atoms with van der Waals surface area (Å²) in [5, 5.41) is 11.8. The maximum Gasteiger partial charge on any atom is 0.277 e. The Kier molecular flexibility index (Phi) is 4.89. The highest BCUT2D eigenvalue weighted by Gasteiger charge is 2.59. The van der Waals surface area contributed by atoms with E-state index in [1.54, 1.807) is 0 Å². The molecule has 1 aromatic heterocycles. The molecule has 0 aliphatic carbocycles. The molecule has 2 aliphatic rings. The Morgan fingerprint density at radius 2 is 2.06 bits per heavy atom. The fraction of sp³-hybridized carbons (Fsp3) is 0.278. The van der Waals surface area contributed by atoms with Crippen LogP contribution in [0.4, 0.5) is 18.9 Å². The zero-order chi connectivity index (χ0) is 22.6.